The van der Waals surface area contributed by atoms with Crippen LogP contribution in [-0.4, -0.2) is 31.0 Å². The quantitative estimate of drug-likeness (QED) is 0.777. The van der Waals surface area contributed by atoms with Gasteiger partial charge in [0.2, 0.25) is 0 Å². The summed E-state index contributed by atoms with van der Waals surface area (Å²) in [4.78, 5) is 11.6. The topological polar surface area (TPSA) is 61.5 Å². The van der Waals surface area contributed by atoms with Crippen molar-refractivity contribution >= 4 is 17.7 Å². The fraction of sp³-hybridized carbons (Fsp3) is 0.500. The average Bonchev–Trinajstić information content (AvgIpc) is 2.39. The van der Waals surface area contributed by atoms with E-state index in [1.54, 1.807) is 32.7 Å². The minimum atomic E-state index is -0.937. The zero-order chi connectivity index (χ0) is 14.3. The number of esters is 1. The van der Waals surface area contributed by atoms with Crippen molar-refractivity contribution in [1.82, 2.24) is 0 Å². The average molecular weight is 283 g/mol. The molecule has 19 heavy (non-hydrogen) atoms. The number of thioether (sulfide) groups is 1. The van der Waals surface area contributed by atoms with Gasteiger partial charge in [0.1, 0.15) is 11.3 Å². The van der Waals surface area contributed by atoms with Crippen LogP contribution in [0, 0.1) is 0 Å². The third kappa shape index (κ3) is 5.12. The van der Waals surface area contributed by atoms with Gasteiger partial charge in [0, 0.05) is 11.5 Å². The van der Waals surface area contributed by atoms with Crippen LogP contribution < -0.4 is 10.5 Å². The number of carbonyl (C=O) groups excluding carboxylic acids is 1. The predicted molar refractivity (Wildman–Crippen MR) is 78.4 cm³/mol. The van der Waals surface area contributed by atoms with Crippen LogP contribution in [0.1, 0.15) is 19.4 Å². The number of methoxy groups -OCH3 is 1. The van der Waals surface area contributed by atoms with Crippen LogP contribution in [0.3, 0.4) is 0 Å². The van der Waals surface area contributed by atoms with E-state index in [0.717, 1.165) is 11.5 Å². The third-order valence-electron chi connectivity index (χ3n) is 2.57. The lowest BCUT2D eigenvalue weighted by Crippen LogP contribution is -2.48. The van der Waals surface area contributed by atoms with E-state index < -0.39 is 5.54 Å². The number of ether oxygens (including phenoxy) is 2. The molecule has 106 valence electrons. The van der Waals surface area contributed by atoms with Crippen LogP contribution in [0.4, 0.5) is 0 Å². The molecule has 0 spiro atoms. The Labute approximate surface area is 118 Å². The van der Waals surface area contributed by atoms with Crippen LogP contribution in [0.15, 0.2) is 24.3 Å². The highest BCUT2D eigenvalue weighted by atomic mass is 32.2. The second kappa shape index (κ2) is 7.40. The molecule has 4 nitrogen and oxygen atoms in total. The number of carbonyl (C=O) groups is 1. The highest BCUT2D eigenvalue weighted by Crippen LogP contribution is 2.19. The number of rotatable bonds is 7. The largest absolute Gasteiger partial charge is 0.497 e. The predicted octanol–water partition coefficient (Wildman–Crippen LogP) is 2.21. The molecule has 0 aliphatic carbocycles. The Hall–Kier alpha value is -1.20. The van der Waals surface area contributed by atoms with Gasteiger partial charge in [0.05, 0.1) is 13.7 Å². The zero-order valence-electron chi connectivity index (χ0n) is 11.6. The summed E-state index contributed by atoms with van der Waals surface area (Å²) in [5, 5.41) is 0. The molecule has 5 heteroatoms. The molecule has 0 heterocycles. The highest BCUT2D eigenvalue weighted by molar-refractivity contribution is 7.98. The SMILES string of the molecule is CCOC(=O)C(C)(N)CSCc1ccc(OC)cc1. The minimum absolute atomic E-state index is 0.350. The van der Waals surface area contributed by atoms with Gasteiger partial charge in [-0.2, -0.15) is 11.8 Å². The molecule has 0 aliphatic rings. The number of benzene rings is 1. The van der Waals surface area contributed by atoms with Gasteiger partial charge in [-0.1, -0.05) is 12.1 Å². The highest BCUT2D eigenvalue weighted by Gasteiger charge is 2.29. The summed E-state index contributed by atoms with van der Waals surface area (Å²) in [6, 6.07) is 7.85. The van der Waals surface area contributed by atoms with Crippen LogP contribution in [0.2, 0.25) is 0 Å². The molecule has 2 N–H and O–H groups in total. The molecule has 0 fully saturated rings. The molecular weight excluding hydrogens is 262 g/mol. The lowest BCUT2D eigenvalue weighted by atomic mass is 10.1. The van der Waals surface area contributed by atoms with Crippen molar-refractivity contribution < 1.29 is 14.3 Å². The van der Waals surface area contributed by atoms with Crippen LogP contribution in [0.25, 0.3) is 0 Å². The molecule has 1 unspecified atom stereocenters. The fourth-order valence-corrected chi connectivity index (χ4v) is 2.53. The second-order valence-corrected chi connectivity index (χ2v) is 5.46. The molecule has 0 aliphatic heterocycles. The summed E-state index contributed by atoms with van der Waals surface area (Å²) in [6.45, 7) is 3.83. The van der Waals surface area contributed by atoms with Crippen LogP contribution >= 0.6 is 11.8 Å². The van der Waals surface area contributed by atoms with Crippen LogP contribution in [-0.2, 0) is 15.3 Å². The first-order valence-electron chi connectivity index (χ1n) is 6.16. The maximum absolute atomic E-state index is 11.6. The maximum Gasteiger partial charge on any atom is 0.326 e. The maximum atomic E-state index is 11.6. The standard InChI is InChI=1S/C14H21NO3S/c1-4-18-13(16)14(2,15)10-19-9-11-5-7-12(17-3)8-6-11/h5-8H,4,9-10,15H2,1-3H3. The van der Waals surface area contributed by atoms with E-state index in [4.69, 9.17) is 15.2 Å². The number of hydrogen-bond acceptors (Lipinski definition) is 5. The van der Waals surface area contributed by atoms with Gasteiger partial charge in [-0.3, -0.25) is 4.79 Å². The molecular formula is C14H21NO3S. The lowest BCUT2D eigenvalue weighted by molar-refractivity contribution is -0.148. The van der Waals surface area contributed by atoms with Gasteiger partial charge in [-0.15, -0.1) is 0 Å². The Bertz CT molecular complexity index is 404. The molecule has 0 bridgehead atoms. The molecule has 0 aromatic heterocycles. The van der Waals surface area contributed by atoms with Crippen molar-refractivity contribution in [2.45, 2.75) is 25.1 Å². The van der Waals surface area contributed by atoms with Crippen molar-refractivity contribution in [2.75, 3.05) is 19.5 Å². The zero-order valence-corrected chi connectivity index (χ0v) is 12.5. The van der Waals surface area contributed by atoms with Crippen molar-refractivity contribution in [1.29, 1.82) is 0 Å². The second-order valence-electron chi connectivity index (χ2n) is 4.48. The van der Waals surface area contributed by atoms with Gasteiger partial charge in [-0.05, 0) is 31.5 Å². The van der Waals surface area contributed by atoms with Crippen LogP contribution in [0.5, 0.6) is 5.75 Å². The summed E-state index contributed by atoms with van der Waals surface area (Å²) >= 11 is 1.61. The molecule has 1 rings (SSSR count). The van der Waals surface area contributed by atoms with E-state index in [2.05, 4.69) is 0 Å². The number of nitrogens with two attached hydrogens (primary N) is 1. The first kappa shape index (κ1) is 15.9. The van der Waals surface area contributed by atoms with Crippen molar-refractivity contribution in [3.63, 3.8) is 0 Å². The van der Waals surface area contributed by atoms with Crippen molar-refractivity contribution in [2.24, 2.45) is 5.73 Å². The molecule has 0 radical (unpaired) electrons. The Balaban J connectivity index is 2.42. The minimum Gasteiger partial charge on any atom is -0.497 e. The summed E-state index contributed by atoms with van der Waals surface area (Å²) in [5.74, 6) is 1.81. The molecule has 1 aromatic carbocycles. The fourth-order valence-electron chi connectivity index (χ4n) is 1.46. The Kier molecular flexibility index (Phi) is 6.18. The summed E-state index contributed by atoms with van der Waals surface area (Å²) < 4.78 is 10.0. The molecule has 0 saturated carbocycles. The van der Waals surface area contributed by atoms with Crippen molar-refractivity contribution in [3.05, 3.63) is 29.8 Å². The van der Waals surface area contributed by atoms with E-state index >= 15 is 0 Å². The van der Waals surface area contributed by atoms with Gasteiger partial charge < -0.3 is 15.2 Å². The molecule has 0 saturated heterocycles. The first-order valence-corrected chi connectivity index (χ1v) is 7.32. The smallest absolute Gasteiger partial charge is 0.326 e. The lowest BCUT2D eigenvalue weighted by Gasteiger charge is -2.21. The Morgan fingerprint density at radius 3 is 2.53 bits per heavy atom. The Morgan fingerprint density at radius 1 is 1.37 bits per heavy atom. The van der Waals surface area contributed by atoms with E-state index in [0.29, 0.717) is 12.4 Å². The molecule has 1 atom stereocenters. The Morgan fingerprint density at radius 2 is 2.00 bits per heavy atom. The summed E-state index contributed by atoms with van der Waals surface area (Å²) in [5.41, 5.74) is 6.18. The van der Waals surface area contributed by atoms with Crippen molar-refractivity contribution in [3.8, 4) is 5.75 Å². The number of hydrogen-bond donors (Lipinski definition) is 1. The monoisotopic (exact) mass is 283 g/mol. The summed E-state index contributed by atoms with van der Waals surface area (Å²) in [6.07, 6.45) is 0. The van der Waals surface area contributed by atoms with Gasteiger partial charge in [-0.25, -0.2) is 0 Å². The van der Waals surface area contributed by atoms with E-state index in [-0.39, 0.29) is 5.97 Å². The van der Waals surface area contributed by atoms with E-state index in [1.807, 2.05) is 24.3 Å². The van der Waals surface area contributed by atoms with E-state index in [9.17, 15) is 4.79 Å². The van der Waals surface area contributed by atoms with Gasteiger partial charge in [0.25, 0.3) is 0 Å². The summed E-state index contributed by atoms with van der Waals surface area (Å²) in [7, 11) is 1.64. The van der Waals surface area contributed by atoms with Gasteiger partial charge in [0.15, 0.2) is 0 Å². The third-order valence-corrected chi connectivity index (χ3v) is 3.91. The van der Waals surface area contributed by atoms with E-state index in [1.165, 1.54) is 5.56 Å². The van der Waals surface area contributed by atoms with Gasteiger partial charge >= 0.3 is 5.97 Å². The molecule has 0 amide bonds. The molecule has 1 aromatic rings. The first-order chi connectivity index (χ1) is 8.99. The normalized spacial score (nSPS) is 13.7.